The highest BCUT2D eigenvalue weighted by Gasteiger charge is 2.38. The van der Waals surface area contributed by atoms with E-state index in [9.17, 15) is 9.59 Å². The van der Waals surface area contributed by atoms with Gasteiger partial charge in [-0.05, 0) is 36.8 Å². The largest absolute Gasteiger partial charge is 0.491 e. The van der Waals surface area contributed by atoms with Crippen LogP contribution in [0.2, 0.25) is 0 Å². The molecule has 0 saturated carbocycles. The first kappa shape index (κ1) is 26.6. The van der Waals surface area contributed by atoms with Crippen molar-refractivity contribution in [2.24, 2.45) is 0 Å². The predicted molar refractivity (Wildman–Crippen MR) is 158 cm³/mol. The molecular weight excluding hydrogens is 504 g/mol. The Balaban J connectivity index is 1.35. The van der Waals surface area contributed by atoms with Gasteiger partial charge in [-0.25, -0.2) is 0 Å². The second kappa shape index (κ2) is 11.4. The predicted octanol–water partition coefficient (Wildman–Crippen LogP) is 4.81. The lowest BCUT2D eigenvalue weighted by atomic mass is 9.80. The molecular formula is C32H32N4O4. The Bertz CT molecular complexity index is 1450. The lowest BCUT2D eigenvalue weighted by molar-refractivity contribution is 0.0981. The number of carbonyl (C=O) groups excluding carboxylic acids is 2. The summed E-state index contributed by atoms with van der Waals surface area (Å²) in [4.78, 5) is 27.4. The summed E-state index contributed by atoms with van der Waals surface area (Å²) in [5.74, 6) is -0.552. The molecule has 0 aromatic heterocycles. The summed E-state index contributed by atoms with van der Waals surface area (Å²) in [6.07, 6.45) is 3.10. The average Bonchev–Trinajstić information content (AvgIpc) is 2.96. The average molecular weight is 537 g/mol. The van der Waals surface area contributed by atoms with E-state index in [-0.39, 0.29) is 56.5 Å². The quantitative estimate of drug-likeness (QED) is 0.146. The minimum absolute atomic E-state index is 0.000960. The molecule has 0 fully saturated rings. The van der Waals surface area contributed by atoms with E-state index in [0.29, 0.717) is 13.2 Å². The lowest BCUT2D eigenvalue weighted by Crippen LogP contribution is -2.27. The van der Waals surface area contributed by atoms with E-state index in [0.717, 1.165) is 25.7 Å². The molecule has 8 heteroatoms. The van der Waals surface area contributed by atoms with Crippen molar-refractivity contribution < 1.29 is 19.1 Å². The van der Waals surface area contributed by atoms with Crippen LogP contribution in [0.15, 0.2) is 72.8 Å². The Morgan fingerprint density at radius 2 is 0.900 bits per heavy atom. The fraction of sp³-hybridized carbons (Fsp3) is 0.188. The van der Waals surface area contributed by atoms with E-state index >= 15 is 0 Å². The van der Waals surface area contributed by atoms with Gasteiger partial charge in [0.25, 0.3) is 0 Å². The van der Waals surface area contributed by atoms with E-state index in [4.69, 9.17) is 32.4 Å². The summed E-state index contributed by atoms with van der Waals surface area (Å²) in [6.45, 7) is 0.714. The number of nitrogens with two attached hydrogens (primary N) is 4. The van der Waals surface area contributed by atoms with E-state index < -0.39 is 11.6 Å². The van der Waals surface area contributed by atoms with Crippen LogP contribution in [0, 0.1) is 0 Å². The standard InChI is InChI=1S/C32H32N4O4/c33-21-17-23(39-15-7-13-19-9-3-1-4-10-19)29(35)27-25(21)32(38)28-26(31(27)37)22(34)18-24(30(28)36)40-16-8-14-20-11-5-2-6-12-20/h1-6,9-12,17-18H,7-8,13-16,33-36H2. The molecule has 0 radical (unpaired) electrons. The van der Waals surface area contributed by atoms with Crippen molar-refractivity contribution in [3.63, 3.8) is 0 Å². The summed E-state index contributed by atoms with van der Waals surface area (Å²) in [7, 11) is 0. The molecule has 204 valence electrons. The van der Waals surface area contributed by atoms with Crippen molar-refractivity contribution in [3.05, 3.63) is 106 Å². The number of ether oxygens (including phenoxy) is 2. The van der Waals surface area contributed by atoms with Crippen molar-refractivity contribution in [2.45, 2.75) is 25.7 Å². The maximum Gasteiger partial charge on any atom is 0.198 e. The van der Waals surface area contributed by atoms with E-state index in [1.807, 2.05) is 60.7 Å². The molecule has 40 heavy (non-hydrogen) atoms. The molecule has 0 heterocycles. The molecule has 0 atom stereocenters. The summed E-state index contributed by atoms with van der Waals surface area (Å²) in [5.41, 5.74) is 27.9. The minimum atomic E-state index is -0.525. The van der Waals surface area contributed by atoms with Crippen LogP contribution >= 0.6 is 0 Å². The van der Waals surface area contributed by atoms with E-state index in [1.165, 1.54) is 23.3 Å². The zero-order chi connectivity index (χ0) is 28.2. The Hall–Kier alpha value is -4.98. The zero-order valence-electron chi connectivity index (χ0n) is 22.1. The topological polar surface area (TPSA) is 157 Å². The number of hydrogen-bond acceptors (Lipinski definition) is 8. The summed E-state index contributed by atoms with van der Waals surface area (Å²) in [5, 5.41) is 0. The first-order chi connectivity index (χ1) is 19.4. The third kappa shape index (κ3) is 5.16. The third-order valence-electron chi connectivity index (χ3n) is 7.05. The monoisotopic (exact) mass is 536 g/mol. The van der Waals surface area contributed by atoms with Crippen LogP contribution in [0.25, 0.3) is 0 Å². The van der Waals surface area contributed by atoms with E-state index in [2.05, 4.69) is 0 Å². The number of hydrogen-bond donors (Lipinski definition) is 4. The maximum atomic E-state index is 13.7. The zero-order valence-corrected chi connectivity index (χ0v) is 22.1. The maximum absolute atomic E-state index is 13.7. The SMILES string of the molecule is Nc1cc(OCCCc2ccccc2)c(N)c2c1C(=O)c1c(N)c(OCCCc3ccccc3)cc(N)c1C2=O. The fourth-order valence-electron chi connectivity index (χ4n) is 5.04. The molecule has 8 N–H and O–H groups in total. The second-order valence-electron chi connectivity index (χ2n) is 9.79. The minimum Gasteiger partial charge on any atom is -0.491 e. The van der Waals surface area contributed by atoms with Crippen molar-refractivity contribution >= 4 is 34.3 Å². The fourth-order valence-corrected chi connectivity index (χ4v) is 5.04. The normalized spacial score (nSPS) is 12.1. The molecule has 0 aliphatic heterocycles. The van der Waals surface area contributed by atoms with Gasteiger partial charge in [0.1, 0.15) is 11.5 Å². The van der Waals surface area contributed by atoms with Crippen LogP contribution in [0.3, 0.4) is 0 Å². The molecule has 5 rings (SSSR count). The Morgan fingerprint density at radius 3 is 1.27 bits per heavy atom. The molecule has 4 aromatic carbocycles. The van der Waals surface area contributed by atoms with Crippen LogP contribution < -0.4 is 32.4 Å². The number of benzene rings is 4. The first-order valence-corrected chi connectivity index (χ1v) is 13.2. The van der Waals surface area contributed by atoms with Gasteiger partial charge in [0.05, 0.1) is 46.8 Å². The van der Waals surface area contributed by atoms with Gasteiger partial charge in [0.2, 0.25) is 0 Å². The number of rotatable bonds is 10. The molecule has 1 aliphatic carbocycles. The third-order valence-corrected chi connectivity index (χ3v) is 7.05. The highest BCUT2D eigenvalue weighted by molar-refractivity contribution is 6.35. The van der Waals surface area contributed by atoms with Crippen LogP contribution in [-0.4, -0.2) is 24.8 Å². The molecule has 1 aliphatic rings. The number of anilines is 4. The molecule has 0 amide bonds. The molecule has 0 unspecified atom stereocenters. The van der Waals surface area contributed by atoms with Gasteiger partial charge in [-0.3, -0.25) is 9.59 Å². The Morgan fingerprint density at radius 1 is 0.525 bits per heavy atom. The van der Waals surface area contributed by atoms with E-state index in [1.54, 1.807) is 0 Å². The molecule has 8 nitrogen and oxygen atoms in total. The number of nitrogen functional groups attached to an aromatic ring is 4. The van der Waals surface area contributed by atoms with Crippen LogP contribution in [0.4, 0.5) is 22.7 Å². The van der Waals surface area contributed by atoms with Crippen molar-refractivity contribution in [2.75, 3.05) is 36.1 Å². The highest BCUT2D eigenvalue weighted by atomic mass is 16.5. The van der Waals surface area contributed by atoms with Gasteiger partial charge >= 0.3 is 0 Å². The molecule has 4 aromatic rings. The van der Waals surface area contributed by atoms with Gasteiger partial charge in [0.15, 0.2) is 11.6 Å². The molecule has 0 spiro atoms. The summed E-state index contributed by atoms with van der Waals surface area (Å²) >= 11 is 0. The first-order valence-electron chi connectivity index (χ1n) is 13.2. The van der Waals surface area contributed by atoms with Crippen LogP contribution in [0.5, 0.6) is 11.5 Å². The van der Waals surface area contributed by atoms with Crippen LogP contribution in [0.1, 0.15) is 55.8 Å². The van der Waals surface area contributed by atoms with Crippen molar-refractivity contribution in [3.8, 4) is 11.5 Å². The summed E-state index contributed by atoms with van der Waals surface area (Å²) in [6, 6.07) is 23.0. The highest BCUT2D eigenvalue weighted by Crippen LogP contribution is 2.44. The number of aryl methyl sites for hydroxylation is 2. The van der Waals surface area contributed by atoms with Crippen molar-refractivity contribution in [1.82, 2.24) is 0 Å². The van der Waals surface area contributed by atoms with Gasteiger partial charge in [-0.15, -0.1) is 0 Å². The molecule has 0 bridgehead atoms. The number of carbonyl (C=O) groups is 2. The van der Waals surface area contributed by atoms with Gasteiger partial charge in [0, 0.05) is 23.5 Å². The number of ketones is 2. The Kier molecular flexibility index (Phi) is 7.59. The van der Waals surface area contributed by atoms with Gasteiger partial charge < -0.3 is 32.4 Å². The molecule has 0 saturated heterocycles. The van der Waals surface area contributed by atoms with Crippen LogP contribution in [-0.2, 0) is 12.8 Å². The van der Waals surface area contributed by atoms with Gasteiger partial charge in [-0.2, -0.15) is 0 Å². The Labute approximate surface area is 232 Å². The number of fused-ring (bicyclic) bond motifs is 2. The lowest BCUT2D eigenvalue weighted by Gasteiger charge is -2.25. The second-order valence-corrected chi connectivity index (χ2v) is 9.79. The van der Waals surface area contributed by atoms with Gasteiger partial charge in [-0.1, -0.05) is 60.7 Å². The van der Waals surface area contributed by atoms with Crippen molar-refractivity contribution in [1.29, 1.82) is 0 Å². The summed E-state index contributed by atoms with van der Waals surface area (Å²) < 4.78 is 11.8. The smallest absolute Gasteiger partial charge is 0.198 e.